The second-order valence-corrected chi connectivity index (χ2v) is 4.45. The third kappa shape index (κ3) is 2.58. The van der Waals surface area contributed by atoms with Crippen molar-refractivity contribution in [3.05, 3.63) is 41.2 Å². The van der Waals surface area contributed by atoms with E-state index < -0.39 is 0 Å². The Balaban J connectivity index is 2.16. The lowest BCUT2D eigenvalue weighted by atomic mass is 10.2. The van der Waals surface area contributed by atoms with Gasteiger partial charge in [-0.1, -0.05) is 11.6 Å². The Kier molecular flexibility index (Phi) is 3.33. The standard InChI is InChI=1S/C12H15ClN4/c1-8-6-10(7-15-11(8)13)16-9(2)12-14-4-5-17(12)3/h4-7,9,16H,1-3H3. The summed E-state index contributed by atoms with van der Waals surface area (Å²) < 4.78 is 1.99. The smallest absolute Gasteiger partial charge is 0.132 e. The van der Waals surface area contributed by atoms with Crippen molar-refractivity contribution in [1.29, 1.82) is 0 Å². The van der Waals surface area contributed by atoms with Crippen LogP contribution in [-0.2, 0) is 7.05 Å². The maximum Gasteiger partial charge on any atom is 0.132 e. The van der Waals surface area contributed by atoms with Gasteiger partial charge in [-0.05, 0) is 25.5 Å². The highest BCUT2D eigenvalue weighted by atomic mass is 35.5. The number of pyridine rings is 1. The Morgan fingerprint density at radius 2 is 2.18 bits per heavy atom. The first-order valence-corrected chi connectivity index (χ1v) is 5.81. The van der Waals surface area contributed by atoms with Gasteiger partial charge in [0.05, 0.1) is 17.9 Å². The molecular formula is C12H15ClN4. The zero-order valence-electron chi connectivity index (χ0n) is 10.1. The number of halogens is 1. The minimum absolute atomic E-state index is 0.123. The minimum Gasteiger partial charge on any atom is -0.374 e. The number of nitrogens with zero attached hydrogens (tertiary/aromatic N) is 3. The van der Waals surface area contributed by atoms with Crippen LogP contribution in [0, 0.1) is 6.92 Å². The first-order valence-electron chi connectivity index (χ1n) is 5.44. The highest BCUT2D eigenvalue weighted by molar-refractivity contribution is 6.30. The van der Waals surface area contributed by atoms with E-state index in [0.717, 1.165) is 17.1 Å². The predicted octanol–water partition coefficient (Wildman–Crippen LogP) is 2.95. The lowest BCUT2D eigenvalue weighted by molar-refractivity contribution is 0.721. The van der Waals surface area contributed by atoms with Crippen molar-refractivity contribution in [3.63, 3.8) is 0 Å². The van der Waals surface area contributed by atoms with Crippen molar-refractivity contribution in [1.82, 2.24) is 14.5 Å². The van der Waals surface area contributed by atoms with Gasteiger partial charge in [0.25, 0.3) is 0 Å². The first-order chi connectivity index (χ1) is 8.08. The second kappa shape index (κ2) is 4.75. The van der Waals surface area contributed by atoms with E-state index in [1.165, 1.54) is 0 Å². The Hall–Kier alpha value is -1.55. The Morgan fingerprint density at radius 1 is 1.41 bits per heavy atom. The van der Waals surface area contributed by atoms with Crippen LogP contribution in [0.2, 0.25) is 5.15 Å². The van der Waals surface area contributed by atoms with Gasteiger partial charge in [0.2, 0.25) is 0 Å². The lowest BCUT2D eigenvalue weighted by Crippen LogP contribution is -2.12. The molecule has 1 unspecified atom stereocenters. The lowest BCUT2D eigenvalue weighted by Gasteiger charge is -2.15. The van der Waals surface area contributed by atoms with E-state index in [2.05, 4.69) is 22.2 Å². The molecule has 0 saturated heterocycles. The number of aryl methyl sites for hydroxylation is 2. The summed E-state index contributed by atoms with van der Waals surface area (Å²) in [7, 11) is 1.98. The van der Waals surface area contributed by atoms with Gasteiger partial charge in [0, 0.05) is 19.4 Å². The summed E-state index contributed by atoms with van der Waals surface area (Å²) in [5.74, 6) is 0.984. The van der Waals surface area contributed by atoms with Crippen LogP contribution in [0.25, 0.3) is 0 Å². The van der Waals surface area contributed by atoms with E-state index >= 15 is 0 Å². The van der Waals surface area contributed by atoms with Crippen molar-refractivity contribution in [3.8, 4) is 0 Å². The third-order valence-electron chi connectivity index (χ3n) is 2.64. The first kappa shape index (κ1) is 11.9. The Morgan fingerprint density at radius 3 is 2.76 bits per heavy atom. The molecule has 0 bridgehead atoms. The molecule has 0 aliphatic carbocycles. The molecule has 0 spiro atoms. The van der Waals surface area contributed by atoms with Crippen LogP contribution in [0.4, 0.5) is 5.69 Å². The van der Waals surface area contributed by atoms with Crippen LogP contribution in [0.15, 0.2) is 24.7 Å². The van der Waals surface area contributed by atoms with Crippen molar-refractivity contribution in [2.75, 3.05) is 5.32 Å². The number of anilines is 1. The van der Waals surface area contributed by atoms with Gasteiger partial charge in [-0.25, -0.2) is 9.97 Å². The molecule has 2 aromatic heterocycles. The molecular weight excluding hydrogens is 236 g/mol. The van der Waals surface area contributed by atoms with Gasteiger partial charge in [-0.2, -0.15) is 0 Å². The van der Waals surface area contributed by atoms with Gasteiger partial charge in [0.1, 0.15) is 11.0 Å². The highest BCUT2D eigenvalue weighted by Gasteiger charge is 2.10. The fourth-order valence-electron chi connectivity index (χ4n) is 1.75. The Bertz CT molecular complexity index is 521. The number of imidazole rings is 1. The zero-order chi connectivity index (χ0) is 12.4. The summed E-state index contributed by atoms with van der Waals surface area (Å²) >= 11 is 5.89. The molecule has 1 atom stereocenters. The number of nitrogens with one attached hydrogen (secondary N) is 1. The van der Waals surface area contributed by atoms with E-state index in [9.17, 15) is 0 Å². The molecule has 2 heterocycles. The van der Waals surface area contributed by atoms with Crippen LogP contribution in [-0.4, -0.2) is 14.5 Å². The van der Waals surface area contributed by atoms with E-state index in [1.807, 2.05) is 30.8 Å². The molecule has 0 fully saturated rings. The molecule has 90 valence electrons. The quantitative estimate of drug-likeness (QED) is 0.852. The van der Waals surface area contributed by atoms with Crippen LogP contribution >= 0.6 is 11.6 Å². The molecule has 0 aliphatic rings. The number of hydrogen-bond donors (Lipinski definition) is 1. The largest absolute Gasteiger partial charge is 0.374 e. The van der Waals surface area contributed by atoms with Gasteiger partial charge in [0.15, 0.2) is 0 Å². The summed E-state index contributed by atoms with van der Waals surface area (Å²) in [5, 5.41) is 3.89. The van der Waals surface area contributed by atoms with Crippen LogP contribution in [0.1, 0.15) is 24.4 Å². The van der Waals surface area contributed by atoms with Gasteiger partial charge < -0.3 is 9.88 Å². The SMILES string of the molecule is Cc1cc(NC(C)c2nccn2C)cnc1Cl. The molecule has 0 saturated carbocycles. The predicted molar refractivity (Wildman–Crippen MR) is 69.2 cm³/mol. The minimum atomic E-state index is 0.123. The van der Waals surface area contributed by atoms with Crippen molar-refractivity contribution in [2.45, 2.75) is 19.9 Å². The van der Waals surface area contributed by atoms with E-state index in [1.54, 1.807) is 12.4 Å². The average Bonchev–Trinajstić information content (AvgIpc) is 2.70. The fraction of sp³-hybridized carbons (Fsp3) is 0.333. The topological polar surface area (TPSA) is 42.7 Å². The van der Waals surface area contributed by atoms with Gasteiger partial charge >= 0.3 is 0 Å². The summed E-state index contributed by atoms with van der Waals surface area (Å²) in [6, 6.07) is 2.10. The van der Waals surface area contributed by atoms with Gasteiger partial charge in [-0.3, -0.25) is 0 Å². The van der Waals surface area contributed by atoms with E-state index in [-0.39, 0.29) is 6.04 Å². The molecule has 0 amide bonds. The van der Waals surface area contributed by atoms with Crippen molar-refractivity contribution >= 4 is 17.3 Å². The molecule has 5 heteroatoms. The number of aromatic nitrogens is 3. The maximum atomic E-state index is 5.89. The molecule has 17 heavy (non-hydrogen) atoms. The zero-order valence-corrected chi connectivity index (χ0v) is 10.9. The second-order valence-electron chi connectivity index (χ2n) is 4.09. The van der Waals surface area contributed by atoms with Crippen molar-refractivity contribution < 1.29 is 0 Å². The average molecular weight is 251 g/mol. The summed E-state index contributed by atoms with van der Waals surface area (Å²) in [6.07, 6.45) is 5.45. The molecule has 0 aromatic carbocycles. The molecule has 2 aromatic rings. The molecule has 2 rings (SSSR count). The van der Waals surface area contributed by atoms with E-state index in [0.29, 0.717) is 5.15 Å². The normalized spacial score (nSPS) is 12.5. The van der Waals surface area contributed by atoms with Crippen LogP contribution in [0.3, 0.4) is 0 Å². The third-order valence-corrected chi connectivity index (χ3v) is 3.04. The van der Waals surface area contributed by atoms with Crippen molar-refractivity contribution in [2.24, 2.45) is 7.05 Å². The molecule has 0 radical (unpaired) electrons. The maximum absolute atomic E-state index is 5.89. The monoisotopic (exact) mass is 250 g/mol. The van der Waals surface area contributed by atoms with E-state index in [4.69, 9.17) is 11.6 Å². The fourth-order valence-corrected chi connectivity index (χ4v) is 1.85. The molecule has 0 aliphatic heterocycles. The molecule has 1 N–H and O–H groups in total. The summed E-state index contributed by atoms with van der Waals surface area (Å²) in [6.45, 7) is 4.00. The van der Waals surface area contributed by atoms with Crippen LogP contribution in [0.5, 0.6) is 0 Å². The summed E-state index contributed by atoms with van der Waals surface area (Å²) in [4.78, 5) is 8.42. The summed E-state index contributed by atoms with van der Waals surface area (Å²) in [5.41, 5.74) is 1.91. The number of hydrogen-bond acceptors (Lipinski definition) is 3. The highest BCUT2D eigenvalue weighted by Crippen LogP contribution is 2.20. The molecule has 4 nitrogen and oxygen atoms in total. The number of rotatable bonds is 3. The Labute approximate surface area is 106 Å². The van der Waals surface area contributed by atoms with Gasteiger partial charge in [-0.15, -0.1) is 0 Å². The van der Waals surface area contributed by atoms with Crippen LogP contribution < -0.4 is 5.32 Å².